The summed E-state index contributed by atoms with van der Waals surface area (Å²) in [5, 5.41) is 0. The van der Waals surface area contributed by atoms with Crippen molar-refractivity contribution in [2.75, 3.05) is 6.61 Å². The van der Waals surface area contributed by atoms with Gasteiger partial charge in [-0.3, -0.25) is 4.79 Å². The standard InChI is InChI=1S/C9H13NO2/c1-5-10-7(4-12-5)9(2)3-6(9)8(10)11/h5-7H,3-4H2,1-2H3/t5-,6-,7-,9-/m0/s1. The second kappa shape index (κ2) is 1.69. The van der Waals surface area contributed by atoms with Crippen LogP contribution in [0.5, 0.6) is 0 Å². The van der Waals surface area contributed by atoms with Gasteiger partial charge >= 0.3 is 0 Å². The average Bonchev–Trinajstić information content (AvgIpc) is 2.46. The molecular formula is C9H13NO2. The van der Waals surface area contributed by atoms with Gasteiger partial charge in [-0.05, 0) is 13.3 Å². The molecule has 3 aliphatic rings. The van der Waals surface area contributed by atoms with Crippen LogP contribution in [0.3, 0.4) is 0 Å². The Balaban J connectivity index is 2.00. The molecule has 0 unspecified atom stereocenters. The molecule has 12 heavy (non-hydrogen) atoms. The summed E-state index contributed by atoms with van der Waals surface area (Å²) < 4.78 is 5.46. The van der Waals surface area contributed by atoms with E-state index in [1.165, 1.54) is 0 Å². The first kappa shape index (κ1) is 6.89. The number of amides is 1. The average molecular weight is 167 g/mol. The number of carbonyl (C=O) groups excluding carboxylic acids is 1. The lowest BCUT2D eigenvalue weighted by Gasteiger charge is -2.23. The Morgan fingerprint density at radius 2 is 2.42 bits per heavy atom. The zero-order valence-corrected chi connectivity index (χ0v) is 7.41. The van der Waals surface area contributed by atoms with Crippen molar-refractivity contribution in [3.63, 3.8) is 0 Å². The van der Waals surface area contributed by atoms with Gasteiger partial charge in [-0.1, -0.05) is 6.92 Å². The second-order valence-electron chi connectivity index (χ2n) is 4.46. The van der Waals surface area contributed by atoms with Crippen LogP contribution in [0, 0.1) is 11.3 Å². The summed E-state index contributed by atoms with van der Waals surface area (Å²) >= 11 is 0. The van der Waals surface area contributed by atoms with Crippen molar-refractivity contribution in [1.29, 1.82) is 0 Å². The van der Waals surface area contributed by atoms with Gasteiger partial charge in [0.1, 0.15) is 6.23 Å². The molecule has 0 radical (unpaired) electrons. The van der Waals surface area contributed by atoms with E-state index in [0.29, 0.717) is 17.9 Å². The zero-order valence-electron chi connectivity index (χ0n) is 7.41. The molecule has 1 amide bonds. The smallest absolute Gasteiger partial charge is 0.228 e. The van der Waals surface area contributed by atoms with Crippen LogP contribution < -0.4 is 0 Å². The Kier molecular flexibility index (Phi) is 0.971. The van der Waals surface area contributed by atoms with Gasteiger partial charge in [0.05, 0.1) is 12.6 Å². The first-order valence-corrected chi connectivity index (χ1v) is 4.58. The fourth-order valence-corrected chi connectivity index (χ4v) is 2.78. The van der Waals surface area contributed by atoms with Crippen LogP contribution in [0.1, 0.15) is 20.3 Å². The normalized spacial score (nSPS) is 55.7. The highest BCUT2D eigenvalue weighted by atomic mass is 16.5. The van der Waals surface area contributed by atoms with E-state index in [1.807, 2.05) is 11.8 Å². The number of hydrogen-bond donors (Lipinski definition) is 0. The van der Waals surface area contributed by atoms with Gasteiger partial charge in [-0.25, -0.2) is 0 Å². The minimum absolute atomic E-state index is 0.0205. The lowest BCUT2D eigenvalue weighted by atomic mass is 10.0. The lowest BCUT2D eigenvalue weighted by molar-refractivity contribution is -0.135. The maximum atomic E-state index is 11.7. The molecule has 0 spiro atoms. The fraction of sp³-hybridized carbons (Fsp3) is 0.889. The summed E-state index contributed by atoms with van der Waals surface area (Å²) in [4.78, 5) is 13.6. The maximum Gasteiger partial charge on any atom is 0.228 e. The topological polar surface area (TPSA) is 29.5 Å². The molecule has 2 heterocycles. The molecule has 0 N–H and O–H groups in total. The third-order valence-electron chi connectivity index (χ3n) is 3.82. The van der Waals surface area contributed by atoms with Crippen molar-refractivity contribution in [2.45, 2.75) is 32.5 Å². The summed E-state index contributed by atoms with van der Waals surface area (Å²) in [6, 6.07) is 0.380. The van der Waals surface area contributed by atoms with Crippen LogP contribution in [0.25, 0.3) is 0 Å². The van der Waals surface area contributed by atoms with Crippen LogP contribution in [0.2, 0.25) is 0 Å². The number of ether oxygens (including phenoxy) is 1. The lowest BCUT2D eigenvalue weighted by Crippen LogP contribution is -2.38. The Morgan fingerprint density at radius 3 is 3.08 bits per heavy atom. The van der Waals surface area contributed by atoms with Gasteiger partial charge in [-0.2, -0.15) is 0 Å². The monoisotopic (exact) mass is 167 g/mol. The maximum absolute atomic E-state index is 11.7. The van der Waals surface area contributed by atoms with E-state index >= 15 is 0 Å². The van der Waals surface area contributed by atoms with Crippen LogP contribution in [-0.2, 0) is 9.53 Å². The Bertz CT molecular complexity index is 265. The molecule has 66 valence electrons. The summed E-state index contributed by atoms with van der Waals surface area (Å²) in [7, 11) is 0. The van der Waals surface area contributed by atoms with E-state index < -0.39 is 0 Å². The molecule has 3 heteroatoms. The number of nitrogens with zero attached hydrogens (tertiary/aromatic N) is 1. The summed E-state index contributed by atoms with van der Waals surface area (Å²) in [6.45, 7) is 4.92. The molecule has 2 saturated heterocycles. The summed E-state index contributed by atoms with van der Waals surface area (Å²) in [5.74, 6) is 0.654. The van der Waals surface area contributed by atoms with Crippen LogP contribution in [0.4, 0.5) is 0 Å². The van der Waals surface area contributed by atoms with Gasteiger partial charge < -0.3 is 9.64 Å². The van der Waals surface area contributed by atoms with Crippen LogP contribution in [0.15, 0.2) is 0 Å². The molecule has 4 atom stereocenters. The molecule has 3 nitrogen and oxygen atoms in total. The van der Waals surface area contributed by atoms with Crippen molar-refractivity contribution < 1.29 is 9.53 Å². The quantitative estimate of drug-likeness (QED) is 0.528. The zero-order chi connectivity index (χ0) is 8.51. The van der Waals surface area contributed by atoms with Gasteiger partial charge in [0.25, 0.3) is 0 Å². The highest BCUT2D eigenvalue weighted by Crippen LogP contribution is 2.63. The van der Waals surface area contributed by atoms with Crippen molar-refractivity contribution in [3.8, 4) is 0 Å². The highest BCUT2D eigenvalue weighted by molar-refractivity contribution is 5.87. The largest absolute Gasteiger partial charge is 0.356 e. The van der Waals surface area contributed by atoms with Crippen molar-refractivity contribution >= 4 is 5.91 Å². The van der Waals surface area contributed by atoms with Gasteiger partial charge in [-0.15, -0.1) is 0 Å². The summed E-state index contributed by atoms with van der Waals surface area (Å²) in [5.41, 5.74) is 0.266. The molecule has 2 aliphatic heterocycles. The minimum Gasteiger partial charge on any atom is -0.356 e. The second-order valence-corrected chi connectivity index (χ2v) is 4.46. The van der Waals surface area contributed by atoms with Crippen molar-refractivity contribution in [3.05, 3.63) is 0 Å². The molecule has 3 fully saturated rings. The molecule has 0 bridgehead atoms. The number of rotatable bonds is 0. The van der Waals surface area contributed by atoms with Crippen LogP contribution >= 0.6 is 0 Å². The summed E-state index contributed by atoms with van der Waals surface area (Å²) in [6.07, 6.45) is 1.11. The Morgan fingerprint density at radius 1 is 1.67 bits per heavy atom. The molecular weight excluding hydrogens is 154 g/mol. The van der Waals surface area contributed by atoms with Crippen LogP contribution in [-0.4, -0.2) is 29.7 Å². The highest BCUT2D eigenvalue weighted by Gasteiger charge is 2.70. The van der Waals surface area contributed by atoms with E-state index in [-0.39, 0.29) is 11.6 Å². The van der Waals surface area contributed by atoms with Crippen molar-refractivity contribution in [1.82, 2.24) is 4.90 Å². The van der Waals surface area contributed by atoms with Gasteiger partial charge in [0.2, 0.25) is 5.91 Å². The number of hydrogen-bond acceptors (Lipinski definition) is 2. The Labute approximate surface area is 71.7 Å². The van der Waals surface area contributed by atoms with Crippen molar-refractivity contribution in [2.24, 2.45) is 11.3 Å². The number of fused-ring (bicyclic) bond motifs is 3. The van der Waals surface area contributed by atoms with Gasteiger partial charge in [0.15, 0.2) is 0 Å². The van der Waals surface area contributed by atoms with E-state index in [2.05, 4.69) is 6.92 Å². The van der Waals surface area contributed by atoms with Gasteiger partial charge in [0, 0.05) is 11.3 Å². The molecule has 1 aliphatic carbocycles. The molecule has 0 aromatic carbocycles. The van der Waals surface area contributed by atoms with E-state index in [0.717, 1.165) is 13.0 Å². The first-order valence-electron chi connectivity index (χ1n) is 4.58. The SMILES string of the molecule is C[C@@H]1OC[C@@H]2N1C(=O)[C@@H]1C[C@]21C. The predicted molar refractivity (Wildman–Crippen MR) is 42.3 cm³/mol. The first-order chi connectivity index (χ1) is 5.64. The Hall–Kier alpha value is -0.570. The van der Waals surface area contributed by atoms with E-state index in [9.17, 15) is 4.79 Å². The third-order valence-corrected chi connectivity index (χ3v) is 3.82. The van der Waals surface area contributed by atoms with E-state index in [1.54, 1.807) is 0 Å². The molecule has 3 rings (SSSR count). The molecule has 0 aromatic heterocycles. The number of carbonyl (C=O) groups is 1. The molecule has 0 aromatic rings. The fourth-order valence-electron chi connectivity index (χ4n) is 2.78. The van der Waals surface area contributed by atoms with E-state index in [4.69, 9.17) is 4.74 Å². The minimum atomic E-state index is 0.0205. The predicted octanol–water partition coefficient (Wildman–Crippen LogP) is 0.600. The molecule has 1 saturated carbocycles. The third kappa shape index (κ3) is 0.534. The number of piperidine rings is 1.